The van der Waals surface area contributed by atoms with E-state index in [0.717, 1.165) is 17.9 Å². The van der Waals surface area contributed by atoms with Gasteiger partial charge < -0.3 is 5.11 Å². The van der Waals surface area contributed by atoms with Gasteiger partial charge in [0.1, 0.15) is 0 Å². The molecule has 0 radical (unpaired) electrons. The highest BCUT2D eigenvalue weighted by Gasteiger charge is 2.38. The standard InChI is InChI=1S/C10H12O2/c1-6-2-7-4-8(5-10(11)12)9(7)3-6/h3,5,7,9H,2,4H2,1H3,(H,11,12)/t7-,9+/m1/s1. The predicted molar refractivity (Wildman–Crippen MR) is 45.7 cm³/mol. The molecule has 2 nitrogen and oxygen atoms in total. The van der Waals surface area contributed by atoms with E-state index in [-0.39, 0.29) is 0 Å². The first-order chi connectivity index (χ1) is 5.66. The van der Waals surface area contributed by atoms with Crippen molar-refractivity contribution in [1.29, 1.82) is 0 Å². The molecule has 0 aromatic carbocycles. The average molecular weight is 164 g/mol. The van der Waals surface area contributed by atoms with Crippen LogP contribution in [-0.4, -0.2) is 11.1 Å². The molecule has 2 aliphatic rings. The summed E-state index contributed by atoms with van der Waals surface area (Å²) in [4.78, 5) is 10.4. The van der Waals surface area contributed by atoms with Gasteiger partial charge in [-0.05, 0) is 25.7 Å². The monoisotopic (exact) mass is 164 g/mol. The van der Waals surface area contributed by atoms with Crippen molar-refractivity contribution in [2.45, 2.75) is 19.8 Å². The van der Waals surface area contributed by atoms with Crippen molar-refractivity contribution >= 4 is 5.97 Å². The maximum absolute atomic E-state index is 10.4. The van der Waals surface area contributed by atoms with E-state index in [9.17, 15) is 4.79 Å². The lowest BCUT2D eigenvalue weighted by Crippen LogP contribution is -2.24. The van der Waals surface area contributed by atoms with E-state index >= 15 is 0 Å². The number of carboxylic acid groups (broad SMARTS) is 1. The van der Waals surface area contributed by atoms with Gasteiger partial charge in [-0.25, -0.2) is 4.79 Å². The third-order valence-electron chi connectivity index (χ3n) is 2.79. The first kappa shape index (κ1) is 7.59. The van der Waals surface area contributed by atoms with Crippen molar-refractivity contribution in [3.8, 4) is 0 Å². The summed E-state index contributed by atoms with van der Waals surface area (Å²) in [6, 6.07) is 0. The molecule has 0 aliphatic heterocycles. The van der Waals surface area contributed by atoms with Crippen LogP contribution in [-0.2, 0) is 4.79 Å². The van der Waals surface area contributed by atoms with Crippen molar-refractivity contribution in [2.24, 2.45) is 11.8 Å². The molecule has 1 fully saturated rings. The van der Waals surface area contributed by atoms with Crippen LogP contribution in [0.5, 0.6) is 0 Å². The summed E-state index contributed by atoms with van der Waals surface area (Å²) >= 11 is 0. The number of allylic oxidation sites excluding steroid dienone is 3. The Morgan fingerprint density at radius 1 is 1.67 bits per heavy atom. The Bertz CT molecular complexity index is 286. The molecule has 0 heterocycles. The Morgan fingerprint density at radius 2 is 2.42 bits per heavy atom. The van der Waals surface area contributed by atoms with Crippen LogP contribution in [0.15, 0.2) is 23.3 Å². The molecular formula is C10H12O2. The predicted octanol–water partition coefficient (Wildman–Crippen LogP) is 1.98. The summed E-state index contributed by atoms with van der Waals surface area (Å²) in [7, 11) is 0. The Balaban J connectivity index is 2.12. The van der Waals surface area contributed by atoms with Gasteiger partial charge in [-0.15, -0.1) is 0 Å². The van der Waals surface area contributed by atoms with Gasteiger partial charge in [0, 0.05) is 12.0 Å². The largest absolute Gasteiger partial charge is 0.478 e. The second-order valence-electron chi connectivity index (χ2n) is 3.76. The summed E-state index contributed by atoms with van der Waals surface area (Å²) in [6.07, 6.45) is 5.74. The molecular weight excluding hydrogens is 152 g/mol. The number of fused-ring (bicyclic) bond motifs is 1. The van der Waals surface area contributed by atoms with E-state index in [1.807, 2.05) is 0 Å². The Morgan fingerprint density at radius 3 is 3.00 bits per heavy atom. The van der Waals surface area contributed by atoms with Crippen LogP contribution in [0.3, 0.4) is 0 Å². The van der Waals surface area contributed by atoms with Crippen LogP contribution in [0.4, 0.5) is 0 Å². The molecule has 2 heteroatoms. The van der Waals surface area contributed by atoms with Gasteiger partial charge in [-0.3, -0.25) is 0 Å². The fraction of sp³-hybridized carbons (Fsp3) is 0.500. The molecule has 0 aromatic heterocycles. The van der Waals surface area contributed by atoms with Gasteiger partial charge in [0.15, 0.2) is 0 Å². The minimum Gasteiger partial charge on any atom is -0.478 e. The van der Waals surface area contributed by atoms with Crippen LogP contribution in [0.2, 0.25) is 0 Å². The zero-order chi connectivity index (χ0) is 8.72. The van der Waals surface area contributed by atoms with Crippen LogP contribution in [0.25, 0.3) is 0 Å². The molecule has 0 saturated heterocycles. The van der Waals surface area contributed by atoms with Crippen molar-refractivity contribution in [3.05, 3.63) is 23.3 Å². The highest BCUT2D eigenvalue weighted by atomic mass is 16.4. The van der Waals surface area contributed by atoms with E-state index in [0.29, 0.717) is 5.92 Å². The van der Waals surface area contributed by atoms with E-state index in [4.69, 9.17) is 5.11 Å². The van der Waals surface area contributed by atoms with Crippen LogP contribution in [0, 0.1) is 11.8 Å². The maximum atomic E-state index is 10.4. The number of hydrogen-bond donors (Lipinski definition) is 1. The fourth-order valence-corrected chi connectivity index (χ4v) is 2.25. The molecule has 1 N–H and O–H groups in total. The molecule has 0 bridgehead atoms. The smallest absolute Gasteiger partial charge is 0.328 e. The summed E-state index contributed by atoms with van der Waals surface area (Å²) in [6.45, 7) is 2.12. The SMILES string of the molecule is CC1=C[C@@H]2C(=CC(=O)O)C[C@H]2C1. The van der Waals surface area contributed by atoms with Gasteiger partial charge in [-0.1, -0.05) is 17.2 Å². The highest BCUT2D eigenvalue weighted by molar-refractivity contribution is 5.81. The number of carbonyl (C=O) groups is 1. The molecule has 12 heavy (non-hydrogen) atoms. The Labute approximate surface area is 71.6 Å². The van der Waals surface area contributed by atoms with Crippen molar-refractivity contribution < 1.29 is 9.90 Å². The average Bonchev–Trinajstić information content (AvgIpc) is 2.24. The molecule has 64 valence electrons. The van der Waals surface area contributed by atoms with Gasteiger partial charge in [0.25, 0.3) is 0 Å². The van der Waals surface area contributed by atoms with Gasteiger partial charge in [-0.2, -0.15) is 0 Å². The molecule has 0 aromatic rings. The van der Waals surface area contributed by atoms with E-state index in [2.05, 4.69) is 13.0 Å². The molecule has 0 unspecified atom stereocenters. The van der Waals surface area contributed by atoms with Crippen LogP contribution >= 0.6 is 0 Å². The third kappa shape index (κ3) is 1.07. The molecule has 2 atom stereocenters. The minimum absolute atomic E-state index is 0.459. The minimum atomic E-state index is -0.804. The first-order valence-corrected chi connectivity index (χ1v) is 4.27. The Kier molecular flexibility index (Phi) is 1.56. The van der Waals surface area contributed by atoms with Crippen molar-refractivity contribution in [1.82, 2.24) is 0 Å². The summed E-state index contributed by atoms with van der Waals surface area (Å²) in [5, 5.41) is 8.54. The lowest BCUT2D eigenvalue weighted by atomic mass is 9.71. The van der Waals surface area contributed by atoms with Gasteiger partial charge in [0.05, 0.1) is 0 Å². The summed E-state index contributed by atoms with van der Waals surface area (Å²) in [5.74, 6) is 0.373. The normalized spacial score (nSPS) is 35.8. The van der Waals surface area contributed by atoms with Crippen molar-refractivity contribution in [3.63, 3.8) is 0 Å². The molecule has 2 rings (SSSR count). The molecule has 1 saturated carbocycles. The quantitative estimate of drug-likeness (QED) is 0.475. The third-order valence-corrected chi connectivity index (χ3v) is 2.79. The van der Waals surface area contributed by atoms with E-state index < -0.39 is 5.97 Å². The van der Waals surface area contributed by atoms with E-state index in [1.165, 1.54) is 18.1 Å². The molecule has 0 amide bonds. The van der Waals surface area contributed by atoms with Crippen LogP contribution < -0.4 is 0 Å². The topological polar surface area (TPSA) is 37.3 Å². The molecule has 0 spiro atoms. The number of rotatable bonds is 1. The number of carboxylic acids is 1. The summed E-state index contributed by atoms with van der Waals surface area (Å²) in [5.41, 5.74) is 2.52. The van der Waals surface area contributed by atoms with Gasteiger partial charge >= 0.3 is 5.97 Å². The highest BCUT2D eigenvalue weighted by Crippen LogP contribution is 2.49. The zero-order valence-corrected chi connectivity index (χ0v) is 7.08. The summed E-state index contributed by atoms with van der Waals surface area (Å²) < 4.78 is 0. The lowest BCUT2D eigenvalue weighted by molar-refractivity contribution is -0.131. The van der Waals surface area contributed by atoms with Gasteiger partial charge in [0.2, 0.25) is 0 Å². The Hall–Kier alpha value is -1.05. The second-order valence-corrected chi connectivity index (χ2v) is 3.76. The molecule has 2 aliphatic carbocycles. The maximum Gasteiger partial charge on any atom is 0.328 e. The van der Waals surface area contributed by atoms with Crippen LogP contribution in [0.1, 0.15) is 19.8 Å². The first-order valence-electron chi connectivity index (χ1n) is 4.27. The fourth-order valence-electron chi connectivity index (χ4n) is 2.25. The zero-order valence-electron chi connectivity index (χ0n) is 7.08. The number of hydrogen-bond acceptors (Lipinski definition) is 1. The van der Waals surface area contributed by atoms with E-state index in [1.54, 1.807) is 0 Å². The second kappa shape index (κ2) is 2.47. The van der Waals surface area contributed by atoms with Crippen molar-refractivity contribution in [2.75, 3.05) is 0 Å². The number of aliphatic carboxylic acids is 1. The lowest BCUT2D eigenvalue weighted by Gasteiger charge is -2.33.